The van der Waals surface area contributed by atoms with Crippen molar-refractivity contribution in [2.45, 2.75) is 32.9 Å². The van der Waals surface area contributed by atoms with Gasteiger partial charge in [0.1, 0.15) is 0 Å². The summed E-state index contributed by atoms with van der Waals surface area (Å²) < 4.78 is 11.8. The monoisotopic (exact) mass is 358 g/mol. The van der Waals surface area contributed by atoms with Crippen LogP contribution in [0.4, 0.5) is 0 Å². The molecule has 0 heterocycles. The lowest BCUT2D eigenvalue weighted by molar-refractivity contribution is -0.126. The summed E-state index contributed by atoms with van der Waals surface area (Å²) in [7, 11) is 3.17. The minimum Gasteiger partial charge on any atom is -0.493 e. The number of carbonyl (C=O) groups is 1. The van der Waals surface area contributed by atoms with Crippen LogP contribution in [0.5, 0.6) is 11.5 Å². The maximum Gasteiger partial charge on any atom is 0.260 e. The van der Waals surface area contributed by atoms with Gasteiger partial charge in [-0.2, -0.15) is 0 Å². The molecule has 0 saturated heterocycles. The molecular formula is C15H23BrN2O3. The highest BCUT2D eigenvalue weighted by Gasteiger charge is 2.18. The topological polar surface area (TPSA) is 59.6 Å². The fourth-order valence-electron chi connectivity index (χ4n) is 1.83. The van der Waals surface area contributed by atoms with Crippen LogP contribution in [-0.2, 0) is 11.3 Å². The van der Waals surface area contributed by atoms with Gasteiger partial charge < -0.3 is 20.1 Å². The molecule has 21 heavy (non-hydrogen) atoms. The van der Waals surface area contributed by atoms with Crippen LogP contribution in [0.1, 0.15) is 25.8 Å². The molecule has 0 spiro atoms. The van der Waals surface area contributed by atoms with Gasteiger partial charge in [0.05, 0.1) is 11.6 Å². The number of benzene rings is 1. The largest absolute Gasteiger partial charge is 0.493 e. The first kappa shape index (κ1) is 17.8. The lowest BCUT2D eigenvalue weighted by atomic mass is 10.2. The summed E-state index contributed by atoms with van der Waals surface area (Å²) in [6.07, 6.45) is 0.493. The molecule has 0 aliphatic carbocycles. The third-order valence-corrected chi connectivity index (χ3v) is 3.54. The maximum absolute atomic E-state index is 11.6. The second-order valence-corrected chi connectivity index (χ2v) is 5.51. The van der Waals surface area contributed by atoms with Crippen molar-refractivity contribution in [2.24, 2.45) is 0 Å². The van der Waals surface area contributed by atoms with E-state index in [9.17, 15) is 4.79 Å². The lowest BCUT2D eigenvalue weighted by Gasteiger charge is -2.18. The first-order chi connectivity index (χ1) is 10.0. The number of amides is 1. The van der Waals surface area contributed by atoms with Gasteiger partial charge in [-0.25, -0.2) is 0 Å². The molecule has 2 N–H and O–H groups in total. The van der Waals surface area contributed by atoms with Crippen LogP contribution in [0.25, 0.3) is 0 Å². The van der Waals surface area contributed by atoms with E-state index in [1.54, 1.807) is 21.1 Å². The summed E-state index contributed by atoms with van der Waals surface area (Å²) in [6, 6.07) is 3.89. The van der Waals surface area contributed by atoms with Gasteiger partial charge in [-0.3, -0.25) is 4.79 Å². The van der Waals surface area contributed by atoms with E-state index in [1.807, 2.05) is 12.1 Å². The first-order valence-electron chi connectivity index (χ1n) is 6.98. The zero-order chi connectivity index (χ0) is 15.8. The Balaban J connectivity index is 2.91. The fourth-order valence-corrected chi connectivity index (χ4v) is 2.42. The molecular weight excluding hydrogens is 336 g/mol. The van der Waals surface area contributed by atoms with Crippen LogP contribution >= 0.6 is 15.9 Å². The van der Waals surface area contributed by atoms with Crippen LogP contribution in [-0.4, -0.2) is 32.7 Å². The highest BCUT2D eigenvalue weighted by Crippen LogP contribution is 2.37. The molecule has 5 nitrogen and oxygen atoms in total. The van der Waals surface area contributed by atoms with E-state index in [2.05, 4.69) is 33.5 Å². The van der Waals surface area contributed by atoms with Crippen molar-refractivity contribution >= 4 is 21.8 Å². The van der Waals surface area contributed by atoms with E-state index in [-0.39, 0.29) is 5.91 Å². The van der Waals surface area contributed by atoms with Crippen LogP contribution in [0.2, 0.25) is 0 Å². The minimum atomic E-state index is -0.593. The van der Waals surface area contributed by atoms with E-state index >= 15 is 0 Å². The average Bonchev–Trinajstić information content (AvgIpc) is 2.48. The Bertz CT molecular complexity index is 480. The summed E-state index contributed by atoms with van der Waals surface area (Å²) in [5.41, 5.74) is 1.09. The lowest BCUT2D eigenvalue weighted by Crippen LogP contribution is -2.33. The third kappa shape index (κ3) is 5.21. The van der Waals surface area contributed by atoms with Gasteiger partial charge in [-0.05, 0) is 53.5 Å². The molecule has 1 atom stereocenters. The number of ether oxygens (including phenoxy) is 2. The molecule has 1 amide bonds. The molecule has 1 unspecified atom stereocenters. The zero-order valence-corrected chi connectivity index (χ0v) is 14.5. The number of nitrogens with one attached hydrogen (secondary N) is 2. The van der Waals surface area contributed by atoms with Crippen molar-refractivity contribution in [3.63, 3.8) is 0 Å². The molecule has 0 fully saturated rings. The van der Waals surface area contributed by atoms with Crippen molar-refractivity contribution < 1.29 is 14.3 Å². The fraction of sp³-hybridized carbons (Fsp3) is 0.533. The molecule has 0 aromatic heterocycles. The number of methoxy groups -OCH3 is 1. The zero-order valence-electron chi connectivity index (χ0n) is 13.0. The summed E-state index contributed by atoms with van der Waals surface area (Å²) in [6.45, 7) is 5.54. The van der Waals surface area contributed by atoms with Gasteiger partial charge in [-0.1, -0.05) is 6.92 Å². The molecule has 0 aliphatic heterocycles. The molecule has 1 aromatic carbocycles. The molecule has 0 bridgehead atoms. The Kier molecular flexibility index (Phi) is 7.53. The van der Waals surface area contributed by atoms with E-state index in [4.69, 9.17) is 9.47 Å². The van der Waals surface area contributed by atoms with Crippen LogP contribution in [0, 0.1) is 0 Å². The SMILES string of the molecule is CCCNCc1cc(Br)c(OC(C)C(=O)NC)c(OC)c1. The smallest absolute Gasteiger partial charge is 0.260 e. The van der Waals surface area contributed by atoms with E-state index < -0.39 is 6.10 Å². The highest BCUT2D eigenvalue weighted by atomic mass is 79.9. The van der Waals surface area contributed by atoms with Gasteiger partial charge in [0.15, 0.2) is 17.6 Å². The number of halogens is 1. The number of rotatable bonds is 8. The molecule has 0 radical (unpaired) electrons. The van der Waals surface area contributed by atoms with Gasteiger partial charge in [0, 0.05) is 13.6 Å². The van der Waals surface area contributed by atoms with Crippen molar-refractivity contribution in [1.29, 1.82) is 0 Å². The second kappa shape index (κ2) is 8.89. The van der Waals surface area contributed by atoms with Crippen molar-refractivity contribution in [3.8, 4) is 11.5 Å². The average molecular weight is 359 g/mol. The normalized spacial score (nSPS) is 11.9. The Labute approximate surface area is 134 Å². The number of hydrogen-bond acceptors (Lipinski definition) is 4. The van der Waals surface area contributed by atoms with Crippen LogP contribution in [0.3, 0.4) is 0 Å². The van der Waals surface area contributed by atoms with Crippen LogP contribution < -0.4 is 20.1 Å². The molecule has 0 aliphatic rings. The predicted molar refractivity (Wildman–Crippen MR) is 86.8 cm³/mol. The minimum absolute atomic E-state index is 0.183. The first-order valence-corrected chi connectivity index (χ1v) is 7.78. The summed E-state index contributed by atoms with van der Waals surface area (Å²) in [5, 5.41) is 5.89. The van der Waals surface area contributed by atoms with Gasteiger partial charge in [0.25, 0.3) is 5.91 Å². The number of likely N-dealkylation sites (N-methyl/N-ethyl adjacent to an activating group) is 1. The molecule has 1 aromatic rings. The maximum atomic E-state index is 11.6. The summed E-state index contributed by atoms with van der Waals surface area (Å²) >= 11 is 3.48. The van der Waals surface area contributed by atoms with Crippen LogP contribution in [0.15, 0.2) is 16.6 Å². The van der Waals surface area contributed by atoms with Crippen molar-refractivity contribution in [3.05, 3.63) is 22.2 Å². The Morgan fingerprint density at radius 1 is 1.43 bits per heavy atom. The Hall–Kier alpha value is -1.27. The Morgan fingerprint density at radius 3 is 2.71 bits per heavy atom. The molecule has 1 rings (SSSR count). The van der Waals surface area contributed by atoms with E-state index in [0.717, 1.165) is 29.5 Å². The van der Waals surface area contributed by atoms with Gasteiger partial charge in [-0.15, -0.1) is 0 Å². The predicted octanol–water partition coefficient (Wildman–Crippen LogP) is 2.47. The standard InChI is InChI=1S/C15H23BrN2O3/c1-5-6-18-9-11-7-12(16)14(13(8-11)20-4)21-10(2)15(19)17-3/h7-8,10,18H,5-6,9H2,1-4H3,(H,17,19). The quantitative estimate of drug-likeness (QED) is 0.700. The van der Waals surface area contributed by atoms with Gasteiger partial charge in [0.2, 0.25) is 0 Å². The van der Waals surface area contributed by atoms with Crippen molar-refractivity contribution in [2.75, 3.05) is 20.7 Å². The summed E-state index contributed by atoms with van der Waals surface area (Å²) in [5.74, 6) is 0.957. The van der Waals surface area contributed by atoms with Crippen molar-refractivity contribution in [1.82, 2.24) is 10.6 Å². The second-order valence-electron chi connectivity index (χ2n) is 4.66. The van der Waals surface area contributed by atoms with Gasteiger partial charge >= 0.3 is 0 Å². The van der Waals surface area contributed by atoms with E-state index in [0.29, 0.717) is 11.5 Å². The molecule has 6 heteroatoms. The highest BCUT2D eigenvalue weighted by molar-refractivity contribution is 9.10. The third-order valence-electron chi connectivity index (χ3n) is 2.96. The Morgan fingerprint density at radius 2 is 2.14 bits per heavy atom. The molecule has 118 valence electrons. The molecule has 0 saturated carbocycles. The number of hydrogen-bond donors (Lipinski definition) is 2. The number of carbonyl (C=O) groups excluding carboxylic acids is 1. The van der Waals surface area contributed by atoms with E-state index in [1.165, 1.54) is 0 Å². The summed E-state index contributed by atoms with van der Waals surface area (Å²) in [4.78, 5) is 11.6.